The van der Waals surface area contributed by atoms with Gasteiger partial charge in [-0.05, 0) is 47.6 Å². The minimum absolute atomic E-state index is 0.196. The van der Waals surface area contributed by atoms with Crippen LogP contribution < -0.4 is 4.74 Å². The topological polar surface area (TPSA) is 35.5 Å². The molecule has 0 spiro atoms. The number of carbonyl (C=O) groups excluding carboxylic acids is 1. The summed E-state index contributed by atoms with van der Waals surface area (Å²) in [5.41, 5.74) is 3.64. The van der Waals surface area contributed by atoms with Gasteiger partial charge in [0.25, 0.3) is 0 Å². The van der Waals surface area contributed by atoms with Gasteiger partial charge in [0.15, 0.2) is 5.78 Å². The average molecular weight is 310 g/mol. The van der Waals surface area contributed by atoms with Crippen molar-refractivity contribution in [2.24, 2.45) is 5.92 Å². The van der Waals surface area contributed by atoms with Crippen LogP contribution in [0.15, 0.2) is 48.5 Å². The molecule has 0 aliphatic heterocycles. The molecule has 2 aromatic rings. The molecule has 0 saturated heterocycles. The summed E-state index contributed by atoms with van der Waals surface area (Å²) >= 11 is 0. The van der Waals surface area contributed by atoms with Crippen LogP contribution in [-0.4, -0.2) is 26.1 Å². The van der Waals surface area contributed by atoms with Gasteiger partial charge in [-0.25, -0.2) is 0 Å². The average Bonchev–Trinajstić information content (AvgIpc) is 2.95. The lowest BCUT2D eigenvalue weighted by Gasteiger charge is -2.10. The number of hydrogen-bond acceptors (Lipinski definition) is 3. The second kappa shape index (κ2) is 6.97. The van der Waals surface area contributed by atoms with Crippen molar-refractivity contribution >= 4 is 5.78 Å². The van der Waals surface area contributed by atoms with E-state index in [4.69, 9.17) is 9.47 Å². The van der Waals surface area contributed by atoms with Crippen molar-refractivity contribution in [3.8, 4) is 16.9 Å². The van der Waals surface area contributed by atoms with Crippen LogP contribution in [0.1, 0.15) is 18.4 Å². The largest absolute Gasteiger partial charge is 0.497 e. The summed E-state index contributed by atoms with van der Waals surface area (Å²) < 4.78 is 10.4. The Bertz CT molecular complexity index is 658. The van der Waals surface area contributed by atoms with E-state index in [2.05, 4.69) is 36.4 Å². The molecule has 3 nitrogen and oxygen atoms in total. The number of ketones is 1. The molecule has 120 valence electrons. The lowest BCUT2D eigenvalue weighted by Crippen LogP contribution is -2.14. The molecule has 0 N–H and O–H groups in total. The third kappa shape index (κ3) is 3.62. The van der Waals surface area contributed by atoms with E-state index in [9.17, 15) is 4.79 Å². The quantitative estimate of drug-likeness (QED) is 0.840. The maximum absolute atomic E-state index is 11.8. The molecule has 2 aromatic carbocycles. The third-order valence-corrected chi connectivity index (χ3v) is 4.58. The first-order chi connectivity index (χ1) is 11.2. The van der Waals surface area contributed by atoms with Gasteiger partial charge < -0.3 is 9.47 Å². The lowest BCUT2D eigenvalue weighted by atomic mass is 9.96. The lowest BCUT2D eigenvalue weighted by molar-refractivity contribution is -0.125. The smallest absolute Gasteiger partial charge is 0.161 e. The van der Waals surface area contributed by atoms with Crippen molar-refractivity contribution in [1.29, 1.82) is 0 Å². The highest BCUT2D eigenvalue weighted by molar-refractivity contribution is 5.85. The van der Waals surface area contributed by atoms with Crippen molar-refractivity contribution in [1.82, 2.24) is 0 Å². The van der Waals surface area contributed by atoms with Gasteiger partial charge in [0.05, 0.1) is 7.11 Å². The van der Waals surface area contributed by atoms with Crippen LogP contribution in [0.5, 0.6) is 5.75 Å². The fourth-order valence-electron chi connectivity index (χ4n) is 3.27. The molecule has 1 fully saturated rings. The standard InChI is InChI=1S/C20H22O3/c1-22-18-9-7-17(8-10-18)16-5-3-14(4-6-16)11-15-12-19(21)20(13-15)23-2/h3-10,15,20H,11-13H2,1-2H3/t15-,20-/m1/s1. The van der Waals surface area contributed by atoms with Crippen molar-refractivity contribution in [2.45, 2.75) is 25.4 Å². The van der Waals surface area contributed by atoms with E-state index in [0.717, 1.165) is 18.6 Å². The predicted molar refractivity (Wildman–Crippen MR) is 90.7 cm³/mol. The first-order valence-corrected chi connectivity index (χ1v) is 7.98. The fourth-order valence-corrected chi connectivity index (χ4v) is 3.27. The summed E-state index contributed by atoms with van der Waals surface area (Å²) in [6.07, 6.45) is 2.22. The van der Waals surface area contributed by atoms with Gasteiger partial charge in [0.2, 0.25) is 0 Å². The molecule has 3 heteroatoms. The van der Waals surface area contributed by atoms with Crippen LogP contribution in [0.25, 0.3) is 11.1 Å². The molecule has 0 amide bonds. The van der Waals surface area contributed by atoms with Gasteiger partial charge in [-0.1, -0.05) is 36.4 Å². The molecular formula is C20H22O3. The fraction of sp³-hybridized carbons (Fsp3) is 0.350. The van der Waals surface area contributed by atoms with Crippen molar-refractivity contribution in [3.05, 3.63) is 54.1 Å². The Hall–Kier alpha value is -2.13. The van der Waals surface area contributed by atoms with E-state index in [1.165, 1.54) is 16.7 Å². The Morgan fingerprint density at radius 3 is 2.09 bits per heavy atom. The van der Waals surface area contributed by atoms with Crippen molar-refractivity contribution < 1.29 is 14.3 Å². The summed E-state index contributed by atoms with van der Waals surface area (Å²) in [6.45, 7) is 0. The van der Waals surface area contributed by atoms with Crippen LogP contribution in [-0.2, 0) is 16.0 Å². The van der Waals surface area contributed by atoms with Gasteiger partial charge in [-0.3, -0.25) is 4.79 Å². The first kappa shape index (κ1) is 15.8. The number of methoxy groups -OCH3 is 2. The number of hydrogen-bond donors (Lipinski definition) is 0. The van der Waals surface area contributed by atoms with E-state index in [0.29, 0.717) is 12.3 Å². The molecule has 0 aromatic heterocycles. The number of ether oxygens (including phenoxy) is 2. The van der Waals surface area contributed by atoms with Crippen LogP contribution in [0, 0.1) is 5.92 Å². The highest BCUT2D eigenvalue weighted by Crippen LogP contribution is 2.29. The zero-order valence-electron chi connectivity index (χ0n) is 13.6. The van der Waals surface area contributed by atoms with Crippen LogP contribution >= 0.6 is 0 Å². The highest BCUT2D eigenvalue weighted by atomic mass is 16.5. The van der Waals surface area contributed by atoms with Crippen LogP contribution in [0.3, 0.4) is 0 Å². The van der Waals surface area contributed by atoms with E-state index in [1.54, 1.807) is 14.2 Å². The molecule has 1 saturated carbocycles. The molecule has 0 unspecified atom stereocenters. The Morgan fingerprint density at radius 2 is 1.57 bits per heavy atom. The zero-order chi connectivity index (χ0) is 16.2. The Morgan fingerprint density at radius 1 is 0.957 bits per heavy atom. The van der Waals surface area contributed by atoms with Gasteiger partial charge in [0, 0.05) is 13.5 Å². The molecule has 23 heavy (non-hydrogen) atoms. The molecule has 1 aliphatic carbocycles. The summed E-state index contributed by atoms with van der Waals surface area (Å²) in [6, 6.07) is 16.7. The Kier molecular flexibility index (Phi) is 4.77. The molecule has 0 bridgehead atoms. The highest BCUT2D eigenvalue weighted by Gasteiger charge is 2.32. The molecular weight excluding hydrogens is 288 g/mol. The molecule has 0 heterocycles. The Labute approximate surface area is 137 Å². The van der Waals surface area contributed by atoms with E-state index in [-0.39, 0.29) is 11.9 Å². The predicted octanol–water partition coefficient (Wildman–Crippen LogP) is 3.90. The number of carbonyl (C=O) groups is 1. The van der Waals surface area contributed by atoms with E-state index >= 15 is 0 Å². The minimum atomic E-state index is -0.196. The summed E-state index contributed by atoms with van der Waals surface area (Å²) in [7, 11) is 3.29. The van der Waals surface area contributed by atoms with Crippen molar-refractivity contribution in [2.75, 3.05) is 14.2 Å². The summed E-state index contributed by atoms with van der Waals surface area (Å²) in [5.74, 6) is 1.51. The van der Waals surface area contributed by atoms with Gasteiger partial charge in [-0.15, -0.1) is 0 Å². The second-order valence-corrected chi connectivity index (χ2v) is 6.13. The molecule has 0 radical (unpaired) electrons. The molecule has 3 rings (SSSR count). The third-order valence-electron chi connectivity index (χ3n) is 4.58. The zero-order valence-corrected chi connectivity index (χ0v) is 13.6. The maximum Gasteiger partial charge on any atom is 0.161 e. The monoisotopic (exact) mass is 310 g/mol. The number of benzene rings is 2. The number of Topliss-reactive ketones (excluding diaryl/α,β-unsaturated/α-hetero) is 1. The number of rotatable bonds is 5. The van der Waals surface area contributed by atoms with E-state index < -0.39 is 0 Å². The molecule has 2 atom stereocenters. The first-order valence-electron chi connectivity index (χ1n) is 7.98. The summed E-state index contributed by atoms with van der Waals surface area (Å²) in [5, 5.41) is 0. The molecule has 1 aliphatic rings. The normalized spacial score (nSPS) is 20.7. The maximum atomic E-state index is 11.8. The Balaban J connectivity index is 1.66. The van der Waals surface area contributed by atoms with Gasteiger partial charge >= 0.3 is 0 Å². The minimum Gasteiger partial charge on any atom is -0.497 e. The van der Waals surface area contributed by atoms with Gasteiger partial charge in [0.1, 0.15) is 11.9 Å². The van der Waals surface area contributed by atoms with Crippen LogP contribution in [0.4, 0.5) is 0 Å². The SMILES string of the molecule is COc1ccc(-c2ccc(C[C@@H]3CC(=O)[C@H](OC)C3)cc2)cc1. The summed E-state index contributed by atoms with van der Waals surface area (Å²) in [4.78, 5) is 11.8. The van der Waals surface area contributed by atoms with Gasteiger partial charge in [-0.2, -0.15) is 0 Å². The second-order valence-electron chi connectivity index (χ2n) is 6.13. The van der Waals surface area contributed by atoms with Crippen LogP contribution in [0.2, 0.25) is 0 Å². The van der Waals surface area contributed by atoms with E-state index in [1.807, 2.05) is 12.1 Å². The van der Waals surface area contributed by atoms with Crippen molar-refractivity contribution in [3.63, 3.8) is 0 Å².